The van der Waals surface area contributed by atoms with Gasteiger partial charge in [-0.2, -0.15) is 0 Å². The Labute approximate surface area is 186 Å². The van der Waals surface area contributed by atoms with E-state index in [0.717, 1.165) is 30.5 Å². The fraction of sp³-hybridized carbons (Fsp3) is 0.409. The first kappa shape index (κ1) is 21.2. The zero-order chi connectivity index (χ0) is 21.5. The molecule has 4 rings (SSSR count). The molecule has 1 saturated carbocycles. The highest BCUT2D eigenvalue weighted by molar-refractivity contribution is 9.10. The van der Waals surface area contributed by atoms with Crippen LogP contribution in [0.3, 0.4) is 0 Å². The largest absolute Gasteiger partial charge is 0.494 e. The molecule has 0 unspecified atom stereocenters. The van der Waals surface area contributed by atoms with E-state index in [1.165, 1.54) is 4.31 Å². The maximum atomic E-state index is 13.6. The molecule has 0 aromatic heterocycles. The predicted molar refractivity (Wildman–Crippen MR) is 121 cm³/mol. The quantitative estimate of drug-likeness (QED) is 0.575. The van der Waals surface area contributed by atoms with Crippen LogP contribution in [0.4, 0.5) is 11.4 Å². The smallest absolute Gasteiger partial charge is 0.265 e. The van der Waals surface area contributed by atoms with Gasteiger partial charge in [0.1, 0.15) is 10.6 Å². The van der Waals surface area contributed by atoms with E-state index in [-0.39, 0.29) is 23.3 Å². The Morgan fingerprint density at radius 2 is 1.90 bits per heavy atom. The van der Waals surface area contributed by atoms with Crippen molar-refractivity contribution in [2.24, 2.45) is 5.92 Å². The third kappa shape index (κ3) is 3.83. The Bertz CT molecular complexity index is 1070. The van der Waals surface area contributed by atoms with Crippen molar-refractivity contribution in [3.8, 4) is 5.75 Å². The second-order valence-corrected chi connectivity index (χ2v) is 10.2. The molecule has 0 bridgehead atoms. The average Bonchev–Trinajstić information content (AvgIpc) is 3.49. The van der Waals surface area contributed by atoms with Crippen LogP contribution in [0.2, 0.25) is 0 Å². The van der Waals surface area contributed by atoms with Crippen molar-refractivity contribution in [3.63, 3.8) is 0 Å². The van der Waals surface area contributed by atoms with E-state index in [4.69, 9.17) is 4.74 Å². The van der Waals surface area contributed by atoms with Crippen molar-refractivity contribution in [1.82, 2.24) is 0 Å². The molecule has 160 valence electrons. The first-order chi connectivity index (χ1) is 14.4. The second kappa shape index (κ2) is 8.23. The minimum Gasteiger partial charge on any atom is -0.494 e. The average molecular weight is 493 g/mol. The molecule has 1 amide bonds. The van der Waals surface area contributed by atoms with Gasteiger partial charge in [-0.25, -0.2) is 8.42 Å². The first-order valence-corrected chi connectivity index (χ1v) is 12.5. The highest BCUT2D eigenvalue weighted by atomic mass is 79.9. The Balaban J connectivity index is 1.70. The maximum Gasteiger partial charge on any atom is 0.265 e. The van der Waals surface area contributed by atoms with Crippen molar-refractivity contribution < 1.29 is 17.9 Å². The third-order valence-electron chi connectivity index (χ3n) is 5.51. The van der Waals surface area contributed by atoms with E-state index in [1.54, 1.807) is 42.2 Å². The molecule has 0 N–H and O–H groups in total. The molecule has 2 aromatic rings. The van der Waals surface area contributed by atoms with Crippen LogP contribution in [0, 0.1) is 5.92 Å². The van der Waals surface area contributed by atoms with E-state index >= 15 is 0 Å². The molecule has 2 aromatic carbocycles. The number of benzene rings is 2. The molecule has 0 saturated heterocycles. The lowest BCUT2D eigenvalue weighted by molar-refractivity contribution is -0.119. The number of ether oxygens (including phenoxy) is 1. The van der Waals surface area contributed by atoms with Gasteiger partial charge in [-0.05, 0) is 91.0 Å². The van der Waals surface area contributed by atoms with Crippen LogP contribution < -0.4 is 13.9 Å². The summed E-state index contributed by atoms with van der Waals surface area (Å²) < 4.78 is 34.5. The highest BCUT2D eigenvalue weighted by Gasteiger charge is 2.38. The van der Waals surface area contributed by atoms with Gasteiger partial charge in [0, 0.05) is 29.2 Å². The fourth-order valence-corrected chi connectivity index (χ4v) is 6.40. The van der Waals surface area contributed by atoms with E-state index < -0.39 is 10.0 Å². The molecular formula is C22H25BrN2O4S. The van der Waals surface area contributed by atoms with Crippen LogP contribution in [0.1, 0.15) is 32.3 Å². The van der Waals surface area contributed by atoms with Crippen LogP contribution in [-0.4, -0.2) is 34.0 Å². The molecule has 1 fully saturated rings. The summed E-state index contributed by atoms with van der Waals surface area (Å²) in [5.74, 6) is 0.900. The summed E-state index contributed by atoms with van der Waals surface area (Å²) in [6.07, 6.45) is 2.59. The van der Waals surface area contributed by atoms with Crippen LogP contribution in [0.5, 0.6) is 5.75 Å². The van der Waals surface area contributed by atoms with Gasteiger partial charge in [-0.15, -0.1) is 0 Å². The van der Waals surface area contributed by atoms with Gasteiger partial charge in [-0.3, -0.25) is 9.10 Å². The van der Waals surface area contributed by atoms with Crippen molar-refractivity contribution >= 4 is 43.2 Å². The fourth-order valence-electron chi connectivity index (χ4n) is 3.85. The number of carbonyl (C=O) groups is 1. The standard InChI is InChI=1S/C22H25BrN2O4S/c1-3-25(17-7-9-18(10-8-17)29-4-2)30(27,28)21-14-20-16(13-19(21)23)11-12-24(20)22(26)15-5-6-15/h7-10,13-15H,3-6,11-12H2,1-2H3. The summed E-state index contributed by atoms with van der Waals surface area (Å²) >= 11 is 3.46. The van der Waals surface area contributed by atoms with Crippen LogP contribution in [0.15, 0.2) is 45.8 Å². The van der Waals surface area contributed by atoms with Gasteiger partial charge >= 0.3 is 0 Å². The number of hydrogen-bond acceptors (Lipinski definition) is 4. The molecule has 0 spiro atoms. The normalized spacial score (nSPS) is 15.8. The highest BCUT2D eigenvalue weighted by Crippen LogP contribution is 2.40. The van der Waals surface area contributed by atoms with Crippen LogP contribution in [-0.2, 0) is 21.2 Å². The molecule has 0 radical (unpaired) electrons. The first-order valence-electron chi connectivity index (χ1n) is 10.3. The van der Waals surface area contributed by atoms with Crippen molar-refractivity contribution in [1.29, 1.82) is 0 Å². The van der Waals surface area contributed by atoms with Gasteiger partial charge in [0.2, 0.25) is 5.91 Å². The lowest BCUT2D eigenvalue weighted by atomic mass is 10.2. The monoisotopic (exact) mass is 492 g/mol. The molecule has 1 heterocycles. The third-order valence-corrected chi connectivity index (χ3v) is 8.37. The number of rotatable bonds is 7. The molecular weight excluding hydrogens is 468 g/mol. The Morgan fingerprint density at radius 1 is 1.20 bits per heavy atom. The van der Waals surface area contributed by atoms with Crippen molar-refractivity contribution in [2.75, 3.05) is 28.9 Å². The van der Waals surface area contributed by atoms with Crippen LogP contribution in [0.25, 0.3) is 0 Å². The number of halogens is 1. The number of carbonyl (C=O) groups excluding carboxylic acids is 1. The summed E-state index contributed by atoms with van der Waals surface area (Å²) in [5, 5.41) is 0. The number of fused-ring (bicyclic) bond motifs is 1. The zero-order valence-electron chi connectivity index (χ0n) is 17.1. The summed E-state index contributed by atoms with van der Waals surface area (Å²) in [5.41, 5.74) is 2.29. The minimum absolute atomic E-state index is 0.0932. The maximum absolute atomic E-state index is 13.6. The van der Waals surface area contributed by atoms with Crippen molar-refractivity contribution in [2.45, 2.75) is 38.0 Å². The van der Waals surface area contributed by atoms with Crippen molar-refractivity contribution in [3.05, 3.63) is 46.4 Å². The number of hydrogen-bond donors (Lipinski definition) is 0. The molecule has 6 nitrogen and oxygen atoms in total. The topological polar surface area (TPSA) is 66.9 Å². The van der Waals surface area contributed by atoms with E-state index in [2.05, 4.69) is 15.9 Å². The van der Waals surface area contributed by atoms with E-state index in [0.29, 0.717) is 29.1 Å². The molecule has 2 aliphatic rings. The van der Waals surface area contributed by atoms with Gasteiger partial charge < -0.3 is 9.64 Å². The van der Waals surface area contributed by atoms with Gasteiger partial charge in [0.25, 0.3) is 10.0 Å². The minimum atomic E-state index is -3.83. The molecule has 1 aliphatic heterocycles. The van der Waals surface area contributed by atoms with E-state index in [1.807, 2.05) is 13.0 Å². The summed E-state index contributed by atoms with van der Waals surface area (Å²) in [7, 11) is -3.83. The number of sulfonamides is 1. The molecule has 30 heavy (non-hydrogen) atoms. The van der Waals surface area contributed by atoms with Gasteiger partial charge in [0.15, 0.2) is 0 Å². The summed E-state index contributed by atoms with van der Waals surface area (Å²) in [4.78, 5) is 14.6. The molecule has 0 atom stereocenters. The Kier molecular flexibility index (Phi) is 5.81. The van der Waals surface area contributed by atoms with Gasteiger partial charge in [-0.1, -0.05) is 0 Å². The van der Waals surface area contributed by atoms with Gasteiger partial charge in [0.05, 0.1) is 12.3 Å². The summed E-state index contributed by atoms with van der Waals surface area (Å²) in [6, 6.07) is 10.5. The second-order valence-electron chi connectivity index (χ2n) is 7.52. The zero-order valence-corrected chi connectivity index (χ0v) is 19.5. The summed E-state index contributed by atoms with van der Waals surface area (Å²) in [6.45, 7) is 5.15. The number of nitrogens with zero attached hydrogens (tertiary/aromatic N) is 2. The molecule has 8 heteroatoms. The predicted octanol–water partition coefficient (Wildman–Crippen LogP) is 4.36. The Morgan fingerprint density at radius 3 is 2.50 bits per heavy atom. The number of amides is 1. The van der Waals surface area contributed by atoms with Crippen LogP contribution >= 0.6 is 15.9 Å². The number of anilines is 2. The Hall–Kier alpha value is -2.06. The SMILES string of the molecule is CCOc1ccc(N(CC)S(=O)(=O)c2cc3c(cc2Br)CCN3C(=O)C2CC2)cc1. The molecule has 1 aliphatic carbocycles. The van der Waals surface area contributed by atoms with E-state index in [9.17, 15) is 13.2 Å². The lowest BCUT2D eigenvalue weighted by Crippen LogP contribution is -2.32. The lowest BCUT2D eigenvalue weighted by Gasteiger charge is -2.25.